The van der Waals surface area contributed by atoms with Gasteiger partial charge in [0.1, 0.15) is 11.9 Å². The number of hydrogen-bond acceptors (Lipinski definition) is 3. The molecule has 0 radical (unpaired) electrons. The van der Waals surface area contributed by atoms with Crippen LogP contribution in [0.5, 0.6) is 0 Å². The van der Waals surface area contributed by atoms with Gasteiger partial charge in [0.05, 0.1) is 0 Å². The lowest BCUT2D eigenvalue weighted by Crippen LogP contribution is -2.33. The average Bonchev–Trinajstić information content (AvgIpc) is 2.73. The Hall–Kier alpha value is -3.54. The molecule has 1 aromatic heterocycles. The first-order valence-corrected chi connectivity index (χ1v) is 8.36. The molecule has 27 heavy (non-hydrogen) atoms. The predicted octanol–water partition coefficient (Wildman–Crippen LogP) is 3.38. The van der Waals surface area contributed by atoms with Crippen molar-refractivity contribution in [1.82, 2.24) is 9.88 Å². The molecule has 0 fully saturated rings. The van der Waals surface area contributed by atoms with E-state index in [1.807, 2.05) is 42.5 Å². The van der Waals surface area contributed by atoms with E-state index in [9.17, 15) is 9.18 Å². The zero-order chi connectivity index (χ0) is 19.2. The van der Waals surface area contributed by atoms with Crippen LogP contribution in [0.1, 0.15) is 17.2 Å². The number of aliphatic imine (C=N–C) groups is 1. The van der Waals surface area contributed by atoms with Gasteiger partial charge in [0.15, 0.2) is 5.96 Å². The summed E-state index contributed by atoms with van der Waals surface area (Å²) in [5.74, 6) is -0.389. The van der Waals surface area contributed by atoms with Crippen LogP contribution < -0.4 is 5.73 Å². The molecule has 0 aliphatic heterocycles. The first-order valence-electron chi connectivity index (χ1n) is 8.36. The highest BCUT2D eigenvalue weighted by Gasteiger charge is 2.19. The third-order valence-corrected chi connectivity index (χ3v) is 4.20. The maximum absolute atomic E-state index is 14.7. The number of rotatable bonds is 5. The summed E-state index contributed by atoms with van der Waals surface area (Å²) in [5.41, 5.74) is 8.82. The molecule has 1 atom stereocenters. The average molecular weight is 362 g/mol. The summed E-state index contributed by atoms with van der Waals surface area (Å²) in [7, 11) is 1.50. The van der Waals surface area contributed by atoms with Gasteiger partial charge in [0.25, 0.3) is 0 Å². The molecule has 1 heterocycles. The molecular formula is C21H19FN4O. The summed E-state index contributed by atoms with van der Waals surface area (Å²) in [6, 6.07) is 17.2. The summed E-state index contributed by atoms with van der Waals surface area (Å²) in [4.78, 5) is 20.6. The normalized spacial score (nSPS) is 12.4. The zero-order valence-corrected chi connectivity index (χ0v) is 14.8. The highest BCUT2D eigenvalue weighted by atomic mass is 19.1. The Labute approximate surface area is 157 Å². The Kier molecular flexibility index (Phi) is 5.56. The number of benzene rings is 2. The Morgan fingerprint density at radius 2 is 1.81 bits per heavy atom. The zero-order valence-electron chi connectivity index (χ0n) is 14.8. The first kappa shape index (κ1) is 18.3. The highest BCUT2D eigenvalue weighted by Crippen LogP contribution is 2.31. The van der Waals surface area contributed by atoms with Gasteiger partial charge >= 0.3 is 0 Å². The number of carbonyl (C=O) groups excluding carboxylic acids is 1. The molecule has 2 N–H and O–H groups in total. The van der Waals surface area contributed by atoms with Crippen molar-refractivity contribution in [2.24, 2.45) is 10.7 Å². The van der Waals surface area contributed by atoms with Gasteiger partial charge in [-0.15, -0.1) is 0 Å². The van der Waals surface area contributed by atoms with Crippen molar-refractivity contribution in [3.8, 4) is 11.1 Å². The van der Waals surface area contributed by atoms with Crippen LogP contribution in [0.2, 0.25) is 0 Å². The summed E-state index contributed by atoms with van der Waals surface area (Å²) in [6.07, 6.45) is 3.93. The minimum absolute atomic E-state index is 0.00701. The van der Waals surface area contributed by atoms with Crippen LogP contribution in [-0.4, -0.2) is 29.3 Å². The molecule has 1 amide bonds. The Bertz CT molecular complexity index is 945. The van der Waals surface area contributed by atoms with Gasteiger partial charge in [-0.25, -0.2) is 9.38 Å². The number of hydrogen-bond donors (Lipinski definition) is 1. The first-order chi connectivity index (χ1) is 13.1. The van der Waals surface area contributed by atoms with E-state index in [0.29, 0.717) is 12.0 Å². The molecule has 3 aromatic rings. The van der Waals surface area contributed by atoms with Gasteiger partial charge in [-0.05, 0) is 41.0 Å². The van der Waals surface area contributed by atoms with Gasteiger partial charge in [0, 0.05) is 25.0 Å². The quantitative estimate of drug-likeness (QED) is 0.430. The van der Waals surface area contributed by atoms with E-state index >= 15 is 0 Å². The molecule has 6 heteroatoms. The second kappa shape index (κ2) is 8.23. The van der Waals surface area contributed by atoms with Gasteiger partial charge < -0.3 is 5.73 Å². The van der Waals surface area contributed by atoms with Gasteiger partial charge in [0.2, 0.25) is 6.41 Å². The van der Waals surface area contributed by atoms with Crippen LogP contribution >= 0.6 is 0 Å². The number of pyridine rings is 1. The summed E-state index contributed by atoms with van der Waals surface area (Å²) in [6.45, 7) is 0. The van der Waals surface area contributed by atoms with Gasteiger partial charge in [-0.2, -0.15) is 0 Å². The molecule has 0 bridgehead atoms. The lowest BCUT2D eigenvalue weighted by atomic mass is 9.95. The van der Waals surface area contributed by atoms with Crippen molar-refractivity contribution in [1.29, 1.82) is 0 Å². The maximum atomic E-state index is 14.7. The topological polar surface area (TPSA) is 71.6 Å². The van der Waals surface area contributed by atoms with E-state index < -0.39 is 11.9 Å². The van der Waals surface area contributed by atoms with E-state index in [4.69, 9.17) is 5.73 Å². The van der Waals surface area contributed by atoms with Crippen molar-refractivity contribution in [3.63, 3.8) is 0 Å². The van der Waals surface area contributed by atoms with E-state index in [0.717, 1.165) is 21.6 Å². The highest BCUT2D eigenvalue weighted by molar-refractivity contribution is 5.87. The van der Waals surface area contributed by atoms with Crippen molar-refractivity contribution in [2.45, 2.75) is 6.04 Å². The lowest BCUT2D eigenvalue weighted by Gasteiger charge is -2.18. The SMILES string of the molecule is CN(C=O)C(N)=NC(c1ccccc1)c1cc(-c2ccncc2)ccc1F. The van der Waals surface area contributed by atoms with E-state index in [1.165, 1.54) is 13.1 Å². The molecule has 0 saturated heterocycles. The van der Waals surface area contributed by atoms with Gasteiger partial charge in [-0.3, -0.25) is 14.7 Å². The number of guanidine groups is 1. The van der Waals surface area contributed by atoms with E-state index in [1.54, 1.807) is 24.5 Å². The summed E-state index contributed by atoms with van der Waals surface area (Å²) < 4.78 is 14.7. The monoisotopic (exact) mass is 362 g/mol. The molecule has 0 aliphatic rings. The van der Waals surface area contributed by atoms with Crippen LogP contribution in [0.4, 0.5) is 4.39 Å². The number of aromatic nitrogens is 1. The number of halogens is 1. The molecule has 0 saturated carbocycles. The fourth-order valence-corrected chi connectivity index (χ4v) is 2.71. The fourth-order valence-electron chi connectivity index (χ4n) is 2.71. The van der Waals surface area contributed by atoms with Crippen molar-refractivity contribution in [3.05, 3.63) is 90.0 Å². The molecule has 0 aliphatic carbocycles. The smallest absolute Gasteiger partial charge is 0.216 e. The molecule has 5 nitrogen and oxygen atoms in total. The van der Waals surface area contributed by atoms with Crippen molar-refractivity contribution >= 4 is 12.4 Å². The lowest BCUT2D eigenvalue weighted by molar-refractivity contribution is -0.114. The number of nitrogens with two attached hydrogens (primary N) is 1. The standard InChI is InChI=1S/C21H19FN4O/c1-26(14-27)21(23)25-20(16-5-3-2-4-6-16)18-13-17(7-8-19(18)22)15-9-11-24-12-10-15/h2-14,20H,1H3,(H2,23,25). The van der Waals surface area contributed by atoms with Crippen LogP contribution in [0.25, 0.3) is 11.1 Å². The van der Waals surface area contributed by atoms with Gasteiger partial charge in [-0.1, -0.05) is 36.4 Å². The molecule has 136 valence electrons. The number of carbonyl (C=O) groups is 1. The van der Waals surface area contributed by atoms with Crippen LogP contribution in [0.15, 0.2) is 78.0 Å². The second-order valence-electron chi connectivity index (χ2n) is 5.99. The van der Waals surface area contributed by atoms with E-state index in [2.05, 4.69) is 9.98 Å². The fraction of sp³-hybridized carbons (Fsp3) is 0.0952. The largest absolute Gasteiger partial charge is 0.369 e. The van der Waals surface area contributed by atoms with Crippen LogP contribution in [0, 0.1) is 5.82 Å². The minimum Gasteiger partial charge on any atom is -0.369 e. The number of nitrogens with zero attached hydrogens (tertiary/aromatic N) is 3. The Morgan fingerprint density at radius 1 is 1.11 bits per heavy atom. The van der Waals surface area contributed by atoms with Crippen molar-refractivity contribution in [2.75, 3.05) is 7.05 Å². The molecule has 2 aromatic carbocycles. The second-order valence-corrected chi connectivity index (χ2v) is 5.99. The third kappa shape index (κ3) is 4.17. The van der Waals surface area contributed by atoms with Crippen LogP contribution in [0.3, 0.4) is 0 Å². The minimum atomic E-state index is -0.685. The third-order valence-electron chi connectivity index (χ3n) is 4.20. The molecule has 3 rings (SSSR count). The Balaban J connectivity index is 2.13. The van der Waals surface area contributed by atoms with Crippen molar-refractivity contribution < 1.29 is 9.18 Å². The predicted molar refractivity (Wildman–Crippen MR) is 103 cm³/mol. The molecule has 1 unspecified atom stereocenters. The summed E-state index contributed by atoms with van der Waals surface area (Å²) in [5, 5.41) is 0. The number of amides is 1. The van der Waals surface area contributed by atoms with E-state index in [-0.39, 0.29) is 5.96 Å². The Morgan fingerprint density at radius 3 is 2.48 bits per heavy atom. The summed E-state index contributed by atoms with van der Waals surface area (Å²) >= 11 is 0. The maximum Gasteiger partial charge on any atom is 0.216 e. The van der Waals surface area contributed by atoms with Crippen LogP contribution in [-0.2, 0) is 4.79 Å². The molecular weight excluding hydrogens is 343 g/mol. The molecule has 0 spiro atoms.